The van der Waals surface area contributed by atoms with E-state index in [2.05, 4.69) is 15.9 Å². The second-order valence-corrected chi connectivity index (χ2v) is 7.42. The number of nitrogens with two attached hydrogens (primary N) is 1. The van der Waals surface area contributed by atoms with Gasteiger partial charge < -0.3 is 10.8 Å². The van der Waals surface area contributed by atoms with E-state index in [1.165, 1.54) is 10.4 Å². The molecule has 2 rings (SSSR count). The molecule has 8 heteroatoms. The van der Waals surface area contributed by atoms with Crippen molar-refractivity contribution in [2.24, 2.45) is 0 Å². The second kappa shape index (κ2) is 6.40. The van der Waals surface area contributed by atoms with Gasteiger partial charge in [0.1, 0.15) is 0 Å². The van der Waals surface area contributed by atoms with E-state index in [4.69, 9.17) is 10.8 Å². The van der Waals surface area contributed by atoms with Crippen LogP contribution in [-0.2, 0) is 10.0 Å². The van der Waals surface area contributed by atoms with E-state index >= 15 is 0 Å². The summed E-state index contributed by atoms with van der Waals surface area (Å²) in [5, 5.41) is 8.90. The number of halogens is 1. The van der Waals surface area contributed by atoms with E-state index in [-0.39, 0.29) is 11.5 Å². The Hall–Kier alpha value is -0.670. The molecule has 1 aromatic rings. The van der Waals surface area contributed by atoms with Crippen LogP contribution in [0.1, 0.15) is 0 Å². The predicted molar refractivity (Wildman–Crippen MR) is 80.8 cm³/mol. The van der Waals surface area contributed by atoms with Crippen molar-refractivity contribution in [2.45, 2.75) is 4.90 Å². The molecular formula is C12H18BrN3O3S. The van der Waals surface area contributed by atoms with Gasteiger partial charge in [0.15, 0.2) is 0 Å². The van der Waals surface area contributed by atoms with Gasteiger partial charge in [0.2, 0.25) is 10.0 Å². The highest BCUT2D eigenvalue weighted by molar-refractivity contribution is 9.10. The number of β-amino-alcohol motifs (C(OH)–C–C–N with tert-alkyl or cyclic N) is 1. The Morgan fingerprint density at radius 3 is 2.50 bits per heavy atom. The fraction of sp³-hybridized carbons (Fsp3) is 0.500. The number of hydrogen-bond acceptors (Lipinski definition) is 5. The maximum Gasteiger partial charge on any atom is 0.244 e. The number of rotatable bonds is 4. The molecule has 3 N–H and O–H groups in total. The average Bonchev–Trinajstić information content (AvgIpc) is 2.42. The number of hydrogen-bond donors (Lipinski definition) is 2. The van der Waals surface area contributed by atoms with Crippen LogP contribution >= 0.6 is 15.9 Å². The molecule has 0 aliphatic carbocycles. The molecule has 20 heavy (non-hydrogen) atoms. The van der Waals surface area contributed by atoms with Gasteiger partial charge in [0.05, 0.1) is 11.5 Å². The van der Waals surface area contributed by atoms with E-state index in [1.807, 2.05) is 4.90 Å². The Bertz CT molecular complexity index is 571. The van der Waals surface area contributed by atoms with Gasteiger partial charge in [-0.2, -0.15) is 4.31 Å². The van der Waals surface area contributed by atoms with Gasteiger partial charge >= 0.3 is 0 Å². The minimum absolute atomic E-state index is 0.0908. The van der Waals surface area contributed by atoms with Crippen molar-refractivity contribution in [3.8, 4) is 0 Å². The van der Waals surface area contributed by atoms with Crippen LogP contribution in [0.2, 0.25) is 0 Å². The van der Waals surface area contributed by atoms with Crippen LogP contribution in [0.3, 0.4) is 0 Å². The van der Waals surface area contributed by atoms with Gasteiger partial charge in [-0.15, -0.1) is 0 Å². The molecule has 0 atom stereocenters. The van der Waals surface area contributed by atoms with Gasteiger partial charge in [0.25, 0.3) is 0 Å². The van der Waals surface area contributed by atoms with E-state index in [1.54, 1.807) is 12.1 Å². The summed E-state index contributed by atoms with van der Waals surface area (Å²) in [5.74, 6) is 0. The highest BCUT2D eigenvalue weighted by atomic mass is 79.9. The van der Waals surface area contributed by atoms with Crippen LogP contribution in [0, 0.1) is 0 Å². The molecule has 1 aliphatic heterocycles. The Balaban J connectivity index is 2.18. The minimum atomic E-state index is -3.54. The fourth-order valence-electron chi connectivity index (χ4n) is 2.19. The zero-order valence-electron chi connectivity index (χ0n) is 11.0. The smallest absolute Gasteiger partial charge is 0.244 e. The van der Waals surface area contributed by atoms with E-state index < -0.39 is 10.0 Å². The second-order valence-electron chi connectivity index (χ2n) is 4.66. The van der Waals surface area contributed by atoms with Gasteiger partial charge in [-0.05, 0) is 34.1 Å². The molecule has 1 aliphatic rings. The number of sulfonamides is 1. The maximum absolute atomic E-state index is 12.6. The van der Waals surface area contributed by atoms with Crippen molar-refractivity contribution in [1.82, 2.24) is 9.21 Å². The normalized spacial score (nSPS) is 18.3. The fourth-order valence-corrected chi connectivity index (χ4v) is 4.57. The first-order valence-electron chi connectivity index (χ1n) is 6.33. The van der Waals surface area contributed by atoms with Gasteiger partial charge in [-0.3, -0.25) is 4.90 Å². The Kier molecular flexibility index (Phi) is 5.03. The van der Waals surface area contributed by atoms with Gasteiger partial charge in [-0.1, -0.05) is 0 Å². The molecule has 0 aromatic heterocycles. The molecule has 0 spiro atoms. The number of nitrogens with zero attached hydrogens (tertiary/aromatic N) is 2. The average molecular weight is 364 g/mol. The predicted octanol–water partition coefficient (Wildman–Crippen LogP) is 0.330. The van der Waals surface area contributed by atoms with Crippen LogP contribution in [0.25, 0.3) is 0 Å². The summed E-state index contributed by atoms with van der Waals surface area (Å²) < 4.78 is 27.2. The monoisotopic (exact) mass is 363 g/mol. The lowest BCUT2D eigenvalue weighted by Gasteiger charge is -2.33. The number of anilines is 1. The minimum Gasteiger partial charge on any atom is -0.399 e. The first-order chi connectivity index (χ1) is 9.45. The zero-order chi connectivity index (χ0) is 14.8. The summed E-state index contributed by atoms with van der Waals surface area (Å²) in [5.41, 5.74) is 6.10. The first-order valence-corrected chi connectivity index (χ1v) is 8.57. The van der Waals surface area contributed by atoms with Crippen LogP contribution < -0.4 is 5.73 Å². The van der Waals surface area contributed by atoms with Crippen LogP contribution in [0.5, 0.6) is 0 Å². The topological polar surface area (TPSA) is 86.9 Å². The molecular weight excluding hydrogens is 346 g/mol. The van der Waals surface area contributed by atoms with Crippen molar-refractivity contribution in [2.75, 3.05) is 45.1 Å². The number of piperazine rings is 1. The third-order valence-electron chi connectivity index (χ3n) is 3.32. The molecule has 1 aromatic carbocycles. The van der Waals surface area contributed by atoms with Crippen LogP contribution in [0.15, 0.2) is 27.6 Å². The summed E-state index contributed by atoms with van der Waals surface area (Å²) in [4.78, 5) is 2.24. The highest BCUT2D eigenvalue weighted by Crippen LogP contribution is 2.27. The molecule has 1 saturated heterocycles. The summed E-state index contributed by atoms with van der Waals surface area (Å²) in [6.45, 7) is 2.76. The summed E-state index contributed by atoms with van der Waals surface area (Å²) in [7, 11) is -3.54. The highest BCUT2D eigenvalue weighted by Gasteiger charge is 2.29. The molecule has 112 valence electrons. The lowest BCUT2D eigenvalue weighted by atomic mass is 10.3. The largest absolute Gasteiger partial charge is 0.399 e. The molecule has 1 fully saturated rings. The molecule has 0 unspecified atom stereocenters. The quantitative estimate of drug-likeness (QED) is 0.752. The maximum atomic E-state index is 12.6. The Morgan fingerprint density at radius 1 is 1.25 bits per heavy atom. The molecule has 0 radical (unpaired) electrons. The van der Waals surface area contributed by atoms with Crippen molar-refractivity contribution < 1.29 is 13.5 Å². The summed E-state index contributed by atoms with van der Waals surface area (Å²) >= 11 is 3.26. The SMILES string of the molecule is Nc1ccc(Br)c(S(=O)(=O)N2CCN(CCO)CC2)c1. The van der Waals surface area contributed by atoms with Crippen molar-refractivity contribution in [1.29, 1.82) is 0 Å². The van der Waals surface area contributed by atoms with E-state index in [0.29, 0.717) is 42.9 Å². The Morgan fingerprint density at radius 2 is 1.90 bits per heavy atom. The van der Waals surface area contributed by atoms with Gasteiger partial charge in [0, 0.05) is 42.9 Å². The number of aliphatic hydroxyl groups is 1. The molecule has 1 heterocycles. The number of benzene rings is 1. The number of aliphatic hydroxyl groups excluding tert-OH is 1. The summed E-state index contributed by atoms with van der Waals surface area (Å²) in [6.07, 6.45) is 0. The van der Waals surface area contributed by atoms with Gasteiger partial charge in [-0.25, -0.2) is 8.42 Å². The van der Waals surface area contributed by atoms with Crippen LogP contribution in [-0.4, -0.2) is 62.1 Å². The van der Waals surface area contributed by atoms with Crippen molar-refractivity contribution in [3.63, 3.8) is 0 Å². The zero-order valence-corrected chi connectivity index (χ0v) is 13.4. The van der Waals surface area contributed by atoms with Crippen LogP contribution in [0.4, 0.5) is 5.69 Å². The lowest BCUT2D eigenvalue weighted by molar-refractivity contribution is 0.151. The Labute approximate surface area is 127 Å². The molecule has 6 nitrogen and oxygen atoms in total. The summed E-state index contributed by atoms with van der Waals surface area (Å²) in [6, 6.07) is 4.77. The van der Waals surface area contributed by atoms with E-state index in [0.717, 1.165) is 0 Å². The lowest BCUT2D eigenvalue weighted by Crippen LogP contribution is -2.49. The molecule has 0 saturated carbocycles. The molecule has 0 amide bonds. The van der Waals surface area contributed by atoms with Crippen molar-refractivity contribution >= 4 is 31.6 Å². The third kappa shape index (κ3) is 3.32. The van der Waals surface area contributed by atoms with Crippen molar-refractivity contribution in [3.05, 3.63) is 22.7 Å². The third-order valence-corrected chi connectivity index (χ3v) is 6.21. The van der Waals surface area contributed by atoms with E-state index in [9.17, 15) is 8.42 Å². The number of nitrogen functional groups attached to an aromatic ring is 1. The first kappa shape index (κ1) is 15.7. The standard InChI is InChI=1S/C12H18BrN3O3S/c13-11-2-1-10(14)9-12(11)20(18,19)16-5-3-15(4-6-16)7-8-17/h1-2,9,17H,3-8,14H2. The molecule has 0 bridgehead atoms.